The molecule has 0 aliphatic rings. The lowest BCUT2D eigenvalue weighted by Gasteiger charge is -2.14. The Morgan fingerprint density at radius 3 is 1.50 bits per heavy atom. The van der Waals surface area contributed by atoms with Crippen LogP contribution in [0.5, 0.6) is 0 Å². The predicted molar refractivity (Wildman–Crippen MR) is 222 cm³/mol. The summed E-state index contributed by atoms with van der Waals surface area (Å²) in [5.41, 5.74) is 13.0. The first-order valence-electron chi connectivity index (χ1n) is 18.2. The minimum atomic E-state index is 0.750. The largest absolute Gasteiger partial charge is 0.307 e. The van der Waals surface area contributed by atoms with Gasteiger partial charge in [0.25, 0.3) is 0 Å². The van der Waals surface area contributed by atoms with Gasteiger partial charge in [-0.1, -0.05) is 140 Å². The standard InChI is InChI=1S/C49H31N5/c1-3-14-32(15-4-1)33-26-28-35(29-27-33)53-43-23-11-7-18-36(43)38-30-31-39-37-19-8-12-24-44(37)54(49(39)48(38)53)45-25-13-22-42(50-45)47-46(34-16-5-2-6-17-34)51-40-20-9-10-21-41(40)52-47/h1-31H. The second kappa shape index (κ2) is 12.1. The van der Waals surface area contributed by atoms with E-state index in [0.717, 1.165) is 67.3 Å². The van der Waals surface area contributed by atoms with Crippen LogP contribution in [0, 0.1) is 0 Å². The maximum atomic E-state index is 5.44. The smallest absolute Gasteiger partial charge is 0.138 e. The van der Waals surface area contributed by atoms with Crippen molar-refractivity contribution in [2.24, 2.45) is 0 Å². The van der Waals surface area contributed by atoms with Crippen LogP contribution in [0.25, 0.3) is 99.9 Å². The zero-order chi connectivity index (χ0) is 35.6. The summed E-state index contributed by atoms with van der Waals surface area (Å²) in [6.07, 6.45) is 0. The van der Waals surface area contributed by atoms with Gasteiger partial charge in [0, 0.05) is 32.8 Å². The minimum absolute atomic E-state index is 0.750. The second-order valence-corrected chi connectivity index (χ2v) is 13.6. The monoisotopic (exact) mass is 689 g/mol. The van der Waals surface area contributed by atoms with Crippen molar-refractivity contribution >= 4 is 54.6 Å². The van der Waals surface area contributed by atoms with Crippen LogP contribution in [0.3, 0.4) is 0 Å². The fourth-order valence-corrected chi connectivity index (χ4v) is 8.10. The van der Waals surface area contributed by atoms with Crippen LogP contribution in [0.15, 0.2) is 188 Å². The third kappa shape index (κ3) is 4.69. The first-order chi connectivity index (χ1) is 26.8. The van der Waals surface area contributed by atoms with E-state index < -0.39 is 0 Å². The molecule has 0 radical (unpaired) electrons. The van der Waals surface area contributed by atoms with E-state index in [2.05, 4.69) is 149 Å². The summed E-state index contributed by atoms with van der Waals surface area (Å²) >= 11 is 0. The quantitative estimate of drug-likeness (QED) is 0.181. The van der Waals surface area contributed by atoms with Gasteiger partial charge in [-0.25, -0.2) is 15.0 Å². The van der Waals surface area contributed by atoms with Crippen LogP contribution in [0.4, 0.5) is 0 Å². The van der Waals surface area contributed by atoms with Gasteiger partial charge in [0.05, 0.1) is 44.5 Å². The summed E-state index contributed by atoms with van der Waals surface area (Å²) in [6, 6.07) is 65.9. The SMILES string of the molecule is c1ccc(-c2ccc(-n3c4ccccc4c4ccc5c6ccccc6n(-c6cccc(-c7nc8ccccc8nc7-c7ccccc7)n6)c5c43)cc2)cc1. The average molecular weight is 690 g/mol. The number of nitrogens with zero attached hydrogens (tertiary/aromatic N) is 5. The number of hydrogen-bond donors (Lipinski definition) is 0. The molecule has 5 nitrogen and oxygen atoms in total. The average Bonchev–Trinajstić information content (AvgIpc) is 3.77. The van der Waals surface area contributed by atoms with Gasteiger partial charge in [-0.15, -0.1) is 0 Å². The molecule has 0 unspecified atom stereocenters. The van der Waals surface area contributed by atoms with E-state index in [1.165, 1.54) is 32.7 Å². The summed E-state index contributed by atoms with van der Waals surface area (Å²) in [5, 5.41) is 4.75. The molecule has 252 valence electrons. The molecule has 11 aromatic rings. The molecular formula is C49H31N5. The Morgan fingerprint density at radius 1 is 0.315 bits per heavy atom. The second-order valence-electron chi connectivity index (χ2n) is 13.6. The van der Waals surface area contributed by atoms with Gasteiger partial charge in [0.1, 0.15) is 11.5 Å². The van der Waals surface area contributed by atoms with E-state index >= 15 is 0 Å². The molecular weight excluding hydrogens is 659 g/mol. The molecule has 11 rings (SSSR count). The maximum Gasteiger partial charge on any atom is 0.138 e. The van der Waals surface area contributed by atoms with Crippen LogP contribution >= 0.6 is 0 Å². The van der Waals surface area contributed by atoms with Crippen molar-refractivity contribution in [2.45, 2.75) is 0 Å². The number of benzene rings is 7. The molecule has 4 heterocycles. The van der Waals surface area contributed by atoms with E-state index in [1.807, 2.05) is 48.5 Å². The van der Waals surface area contributed by atoms with Gasteiger partial charge in [0.15, 0.2) is 0 Å². The summed E-state index contributed by atoms with van der Waals surface area (Å²) < 4.78 is 4.75. The minimum Gasteiger partial charge on any atom is -0.307 e. The van der Waals surface area contributed by atoms with E-state index in [4.69, 9.17) is 15.0 Å². The highest BCUT2D eigenvalue weighted by Gasteiger charge is 2.22. The molecule has 0 saturated heterocycles. The van der Waals surface area contributed by atoms with Crippen molar-refractivity contribution in [3.05, 3.63) is 188 Å². The van der Waals surface area contributed by atoms with Crippen LogP contribution in [0.2, 0.25) is 0 Å². The Hall–Kier alpha value is -7.37. The van der Waals surface area contributed by atoms with Crippen LogP contribution in [-0.4, -0.2) is 24.1 Å². The molecule has 0 amide bonds. The fraction of sp³-hybridized carbons (Fsp3) is 0. The van der Waals surface area contributed by atoms with E-state index in [1.54, 1.807) is 0 Å². The molecule has 0 saturated carbocycles. The Labute approximate surface area is 311 Å². The van der Waals surface area contributed by atoms with Gasteiger partial charge in [0.2, 0.25) is 0 Å². The fourth-order valence-electron chi connectivity index (χ4n) is 8.10. The van der Waals surface area contributed by atoms with Crippen molar-refractivity contribution in [3.63, 3.8) is 0 Å². The van der Waals surface area contributed by atoms with Crippen molar-refractivity contribution in [1.29, 1.82) is 0 Å². The number of rotatable bonds is 5. The zero-order valence-corrected chi connectivity index (χ0v) is 29.1. The Morgan fingerprint density at radius 2 is 0.833 bits per heavy atom. The van der Waals surface area contributed by atoms with E-state index in [0.29, 0.717) is 0 Å². The van der Waals surface area contributed by atoms with E-state index in [9.17, 15) is 0 Å². The molecule has 0 atom stereocenters. The lowest BCUT2D eigenvalue weighted by molar-refractivity contribution is 1.07. The van der Waals surface area contributed by atoms with Crippen molar-refractivity contribution in [3.8, 4) is 45.3 Å². The van der Waals surface area contributed by atoms with Crippen molar-refractivity contribution < 1.29 is 0 Å². The lowest BCUT2D eigenvalue weighted by atomic mass is 10.1. The molecule has 4 aromatic heterocycles. The number of pyridine rings is 1. The topological polar surface area (TPSA) is 48.5 Å². The van der Waals surface area contributed by atoms with Crippen molar-refractivity contribution in [1.82, 2.24) is 24.1 Å². The lowest BCUT2D eigenvalue weighted by Crippen LogP contribution is -2.02. The molecule has 0 N–H and O–H groups in total. The number of fused-ring (bicyclic) bond motifs is 8. The number of para-hydroxylation sites is 4. The summed E-state index contributed by atoms with van der Waals surface area (Å²) in [7, 11) is 0. The van der Waals surface area contributed by atoms with Gasteiger partial charge in [-0.05, 0) is 59.7 Å². The van der Waals surface area contributed by atoms with Gasteiger partial charge >= 0.3 is 0 Å². The summed E-state index contributed by atoms with van der Waals surface area (Å²) in [4.78, 5) is 15.8. The highest BCUT2D eigenvalue weighted by molar-refractivity contribution is 6.23. The highest BCUT2D eigenvalue weighted by atomic mass is 15.1. The van der Waals surface area contributed by atoms with Gasteiger partial charge < -0.3 is 4.57 Å². The number of hydrogen-bond acceptors (Lipinski definition) is 3. The third-order valence-corrected chi connectivity index (χ3v) is 10.5. The van der Waals surface area contributed by atoms with Crippen LogP contribution in [-0.2, 0) is 0 Å². The summed E-state index contributed by atoms with van der Waals surface area (Å²) in [5.74, 6) is 0.816. The number of aromatic nitrogens is 5. The molecule has 5 heteroatoms. The van der Waals surface area contributed by atoms with Crippen molar-refractivity contribution in [2.75, 3.05) is 0 Å². The molecule has 0 fully saturated rings. The normalized spacial score (nSPS) is 11.7. The van der Waals surface area contributed by atoms with Crippen LogP contribution in [0.1, 0.15) is 0 Å². The summed E-state index contributed by atoms with van der Waals surface area (Å²) in [6.45, 7) is 0. The first kappa shape index (κ1) is 30.3. The Kier molecular flexibility index (Phi) is 6.79. The molecule has 54 heavy (non-hydrogen) atoms. The maximum absolute atomic E-state index is 5.44. The molecule has 0 aliphatic heterocycles. The molecule has 0 aliphatic carbocycles. The molecule has 7 aromatic carbocycles. The van der Waals surface area contributed by atoms with Gasteiger partial charge in [-0.2, -0.15) is 0 Å². The highest BCUT2D eigenvalue weighted by Crippen LogP contribution is 2.42. The van der Waals surface area contributed by atoms with Crippen LogP contribution < -0.4 is 0 Å². The Bertz CT molecular complexity index is 3200. The predicted octanol–water partition coefficient (Wildman–Crippen LogP) is 12.2. The molecule has 0 spiro atoms. The zero-order valence-electron chi connectivity index (χ0n) is 29.1. The third-order valence-electron chi connectivity index (χ3n) is 10.5. The van der Waals surface area contributed by atoms with E-state index in [-0.39, 0.29) is 0 Å². The van der Waals surface area contributed by atoms with Gasteiger partial charge in [-0.3, -0.25) is 4.57 Å². The first-order valence-corrected chi connectivity index (χ1v) is 18.2. The Balaban J connectivity index is 1.20. The molecule has 0 bridgehead atoms.